The quantitative estimate of drug-likeness (QED) is 0.405. The van der Waals surface area contributed by atoms with E-state index in [-0.39, 0.29) is 5.91 Å². The first-order chi connectivity index (χ1) is 13.7. The molecule has 3 aromatic carbocycles. The molecule has 1 amide bonds. The molecule has 0 aliphatic rings. The molecule has 4 nitrogen and oxygen atoms in total. The van der Waals surface area contributed by atoms with Gasteiger partial charge < -0.3 is 4.74 Å². The SMILES string of the molecule is CCCCC(C)=NNC(=O)c1ccc(COc2ccc3ccccc3c2)cc1. The van der Waals surface area contributed by atoms with Crippen LogP contribution in [0.25, 0.3) is 10.8 Å². The zero-order valence-corrected chi connectivity index (χ0v) is 16.4. The molecule has 3 rings (SSSR count). The van der Waals surface area contributed by atoms with Gasteiger partial charge in [0.25, 0.3) is 5.91 Å². The number of ether oxygens (including phenoxy) is 1. The van der Waals surface area contributed by atoms with E-state index < -0.39 is 0 Å². The highest BCUT2D eigenvalue weighted by Crippen LogP contribution is 2.21. The molecule has 0 spiro atoms. The largest absolute Gasteiger partial charge is 0.489 e. The summed E-state index contributed by atoms with van der Waals surface area (Å²) in [7, 11) is 0. The zero-order valence-electron chi connectivity index (χ0n) is 16.4. The molecule has 28 heavy (non-hydrogen) atoms. The van der Waals surface area contributed by atoms with E-state index in [9.17, 15) is 4.79 Å². The Morgan fingerprint density at radius 1 is 1.00 bits per heavy atom. The second-order valence-electron chi connectivity index (χ2n) is 6.89. The number of rotatable bonds is 8. The van der Waals surface area contributed by atoms with E-state index in [4.69, 9.17) is 4.74 Å². The highest BCUT2D eigenvalue weighted by molar-refractivity contribution is 5.95. The van der Waals surface area contributed by atoms with Crippen LogP contribution in [-0.4, -0.2) is 11.6 Å². The molecule has 0 radical (unpaired) electrons. The summed E-state index contributed by atoms with van der Waals surface area (Å²) in [5, 5.41) is 6.50. The summed E-state index contributed by atoms with van der Waals surface area (Å²) in [4.78, 5) is 12.2. The van der Waals surface area contributed by atoms with Crippen molar-refractivity contribution >= 4 is 22.4 Å². The van der Waals surface area contributed by atoms with Crippen molar-refractivity contribution in [3.8, 4) is 5.75 Å². The van der Waals surface area contributed by atoms with Crippen LogP contribution in [0.5, 0.6) is 5.75 Å². The molecule has 4 heteroatoms. The monoisotopic (exact) mass is 374 g/mol. The van der Waals surface area contributed by atoms with Gasteiger partial charge in [-0.1, -0.05) is 55.8 Å². The number of hydrogen-bond acceptors (Lipinski definition) is 3. The van der Waals surface area contributed by atoms with Gasteiger partial charge in [-0.3, -0.25) is 4.79 Å². The van der Waals surface area contributed by atoms with Gasteiger partial charge in [0.05, 0.1) is 0 Å². The Morgan fingerprint density at radius 3 is 2.50 bits per heavy atom. The van der Waals surface area contributed by atoms with Crippen LogP contribution >= 0.6 is 0 Å². The third-order valence-corrected chi connectivity index (χ3v) is 4.58. The number of hydrazone groups is 1. The van der Waals surface area contributed by atoms with Crippen molar-refractivity contribution < 1.29 is 9.53 Å². The smallest absolute Gasteiger partial charge is 0.271 e. The Bertz CT molecular complexity index is 962. The van der Waals surface area contributed by atoms with Crippen LogP contribution in [0.2, 0.25) is 0 Å². The van der Waals surface area contributed by atoms with Crippen LogP contribution in [0.3, 0.4) is 0 Å². The fourth-order valence-corrected chi connectivity index (χ4v) is 2.88. The molecule has 0 heterocycles. The maximum absolute atomic E-state index is 12.2. The van der Waals surface area contributed by atoms with E-state index in [0.717, 1.165) is 41.7 Å². The van der Waals surface area contributed by atoms with E-state index in [1.54, 1.807) is 12.1 Å². The van der Waals surface area contributed by atoms with Gasteiger partial charge in [0.2, 0.25) is 0 Å². The normalized spacial score (nSPS) is 11.4. The number of unbranched alkanes of at least 4 members (excludes halogenated alkanes) is 1. The molecule has 3 aromatic rings. The molecule has 144 valence electrons. The van der Waals surface area contributed by atoms with Gasteiger partial charge in [0.15, 0.2) is 0 Å². The first-order valence-electron chi connectivity index (χ1n) is 9.70. The highest BCUT2D eigenvalue weighted by Gasteiger charge is 2.05. The van der Waals surface area contributed by atoms with Gasteiger partial charge in [-0.15, -0.1) is 0 Å². The summed E-state index contributed by atoms with van der Waals surface area (Å²) in [5.74, 6) is 0.634. The van der Waals surface area contributed by atoms with E-state index in [2.05, 4.69) is 35.7 Å². The molecular weight excluding hydrogens is 348 g/mol. The first-order valence-corrected chi connectivity index (χ1v) is 9.70. The van der Waals surface area contributed by atoms with Crippen molar-refractivity contribution in [2.45, 2.75) is 39.7 Å². The molecule has 0 unspecified atom stereocenters. The molecule has 1 N–H and O–H groups in total. The van der Waals surface area contributed by atoms with Crippen LogP contribution in [0.15, 0.2) is 71.8 Å². The lowest BCUT2D eigenvalue weighted by Crippen LogP contribution is -2.19. The third kappa shape index (κ3) is 5.43. The van der Waals surface area contributed by atoms with Gasteiger partial charge in [0.1, 0.15) is 12.4 Å². The molecule has 0 atom stereocenters. The Kier molecular flexibility index (Phi) is 6.79. The number of fused-ring (bicyclic) bond motifs is 1. The molecule has 0 fully saturated rings. The third-order valence-electron chi connectivity index (χ3n) is 4.58. The number of amides is 1. The summed E-state index contributed by atoms with van der Waals surface area (Å²) in [5.41, 5.74) is 5.15. The molecule has 0 aliphatic carbocycles. The minimum Gasteiger partial charge on any atom is -0.489 e. The van der Waals surface area contributed by atoms with Crippen molar-refractivity contribution in [3.63, 3.8) is 0 Å². The summed E-state index contributed by atoms with van der Waals surface area (Å²) in [6.07, 6.45) is 3.10. The van der Waals surface area contributed by atoms with Crippen molar-refractivity contribution in [1.29, 1.82) is 0 Å². The molecule has 0 saturated heterocycles. The summed E-state index contributed by atoms with van der Waals surface area (Å²) in [6, 6.07) is 21.7. The molecule has 0 saturated carbocycles. The van der Waals surface area contributed by atoms with Gasteiger partial charge in [-0.05, 0) is 60.4 Å². The number of nitrogens with one attached hydrogen (secondary N) is 1. The Morgan fingerprint density at radius 2 is 1.75 bits per heavy atom. The minimum absolute atomic E-state index is 0.196. The van der Waals surface area contributed by atoms with Gasteiger partial charge in [0, 0.05) is 11.3 Å². The predicted molar refractivity (Wildman–Crippen MR) is 115 cm³/mol. The Hall–Kier alpha value is -3.14. The molecule has 0 aliphatic heterocycles. The number of hydrogen-bond donors (Lipinski definition) is 1. The topological polar surface area (TPSA) is 50.7 Å². The van der Waals surface area contributed by atoms with Crippen molar-refractivity contribution in [2.24, 2.45) is 5.10 Å². The first kappa shape index (κ1) is 19.6. The van der Waals surface area contributed by atoms with Crippen molar-refractivity contribution in [2.75, 3.05) is 0 Å². The standard InChI is InChI=1S/C24H26N2O2/c1-3-4-7-18(2)25-26-24(27)21-12-10-19(11-13-21)17-28-23-15-14-20-8-5-6-9-22(20)16-23/h5-6,8-16H,3-4,7,17H2,1-2H3,(H,26,27). The fourth-order valence-electron chi connectivity index (χ4n) is 2.88. The van der Waals surface area contributed by atoms with Crippen LogP contribution in [-0.2, 0) is 6.61 Å². The van der Waals surface area contributed by atoms with Gasteiger partial charge in [-0.25, -0.2) is 5.43 Å². The number of carbonyl (C=O) groups is 1. The van der Waals surface area contributed by atoms with Crippen LogP contribution in [0, 0.1) is 0 Å². The maximum Gasteiger partial charge on any atom is 0.271 e. The summed E-state index contributed by atoms with van der Waals surface area (Å²) < 4.78 is 5.89. The molecule has 0 aromatic heterocycles. The number of carbonyl (C=O) groups excluding carboxylic acids is 1. The average Bonchev–Trinajstić information content (AvgIpc) is 2.74. The van der Waals surface area contributed by atoms with Crippen molar-refractivity contribution in [1.82, 2.24) is 5.43 Å². The zero-order chi connectivity index (χ0) is 19.8. The Labute approximate surface area is 166 Å². The second kappa shape index (κ2) is 9.70. The lowest BCUT2D eigenvalue weighted by atomic mass is 10.1. The Balaban J connectivity index is 1.55. The van der Waals surface area contributed by atoms with Gasteiger partial charge in [-0.2, -0.15) is 5.10 Å². The van der Waals surface area contributed by atoms with Crippen LogP contribution in [0.1, 0.15) is 49.0 Å². The molecule has 0 bridgehead atoms. The van der Waals surface area contributed by atoms with E-state index in [0.29, 0.717) is 12.2 Å². The van der Waals surface area contributed by atoms with Crippen LogP contribution < -0.4 is 10.2 Å². The van der Waals surface area contributed by atoms with Crippen LogP contribution in [0.4, 0.5) is 0 Å². The van der Waals surface area contributed by atoms with Gasteiger partial charge >= 0.3 is 0 Å². The maximum atomic E-state index is 12.2. The second-order valence-corrected chi connectivity index (χ2v) is 6.89. The number of nitrogens with zero attached hydrogens (tertiary/aromatic N) is 1. The fraction of sp³-hybridized carbons (Fsp3) is 0.250. The lowest BCUT2D eigenvalue weighted by molar-refractivity contribution is 0.0954. The van der Waals surface area contributed by atoms with E-state index in [1.807, 2.05) is 43.3 Å². The number of benzene rings is 3. The summed E-state index contributed by atoms with van der Waals surface area (Å²) in [6.45, 7) is 4.52. The lowest BCUT2D eigenvalue weighted by Gasteiger charge is -2.08. The average molecular weight is 374 g/mol. The highest BCUT2D eigenvalue weighted by atomic mass is 16.5. The van der Waals surface area contributed by atoms with Crippen molar-refractivity contribution in [3.05, 3.63) is 77.9 Å². The van der Waals surface area contributed by atoms with E-state index >= 15 is 0 Å². The molecular formula is C24H26N2O2. The minimum atomic E-state index is -0.196. The summed E-state index contributed by atoms with van der Waals surface area (Å²) >= 11 is 0. The predicted octanol–water partition coefficient (Wildman–Crippen LogP) is 5.71. The van der Waals surface area contributed by atoms with E-state index in [1.165, 1.54) is 5.39 Å².